The highest BCUT2D eigenvalue weighted by molar-refractivity contribution is 6.07. The van der Waals surface area contributed by atoms with Gasteiger partial charge < -0.3 is 14.9 Å². The van der Waals surface area contributed by atoms with Crippen LogP contribution >= 0.6 is 0 Å². The maximum absolute atomic E-state index is 13.4. The second-order valence-electron chi connectivity index (χ2n) is 8.37. The number of aliphatic hydroxyl groups excluding tert-OH is 1. The first-order valence-corrected chi connectivity index (χ1v) is 10.6. The van der Waals surface area contributed by atoms with Crippen LogP contribution in [0, 0.1) is 5.92 Å². The highest BCUT2D eigenvalue weighted by Crippen LogP contribution is 2.39. The molecule has 1 saturated carbocycles. The maximum Gasteiger partial charge on any atom is 0.327 e. The Balaban J connectivity index is 1.55. The van der Waals surface area contributed by atoms with E-state index < -0.39 is 5.54 Å². The van der Waals surface area contributed by atoms with Crippen molar-refractivity contribution >= 4 is 17.8 Å². The number of nitrogens with zero attached hydrogens (tertiary/aromatic N) is 3. The minimum Gasteiger partial charge on any atom is -0.396 e. The number of imide groups is 1. The van der Waals surface area contributed by atoms with E-state index in [4.69, 9.17) is 0 Å². The van der Waals surface area contributed by atoms with Crippen molar-refractivity contribution in [3.63, 3.8) is 0 Å². The summed E-state index contributed by atoms with van der Waals surface area (Å²) >= 11 is 0. The van der Waals surface area contributed by atoms with Crippen molar-refractivity contribution in [2.45, 2.75) is 50.6 Å². The minimum atomic E-state index is -0.890. The predicted octanol–water partition coefficient (Wildman–Crippen LogP) is 1.99. The molecule has 4 amide bonds. The number of hydrogen-bond donors (Lipinski definition) is 1. The van der Waals surface area contributed by atoms with Crippen molar-refractivity contribution in [1.82, 2.24) is 14.7 Å². The first-order valence-electron chi connectivity index (χ1n) is 10.6. The molecule has 1 aromatic rings. The van der Waals surface area contributed by atoms with E-state index in [0.717, 1.165) is 24.8 Å². The lowest BCUT2D eigenvalue weighted by Gasteiger charge is -2.43. The number of hydrogen-bond acceptors (Lipinski definition) is 4. The number of urea groups is 1. The summed E-state index contributed by atoms with van der Waals surface area (Å²) in [6, 6.07) is 9.40. The van der Waals surface area contributed by atoms with Crippen molar-refractivity contribution < 1.29 is 19.5 Å². The molecular weight excluding hydrogens is 370 g/mol. The van der Waals surface area contributed by atoms with E-state index in [-0.39, 0.29) is 36.9 Å². The number of carbonyl (C=O) groups excluding carboxylic acids is 3. The molecule has 3 fully saturated rings. The Morgan fingerprint density at radius 2 is 1.79 bits per heavy atom. The smallest absolute Gasteiger partial charge is 0.327 e. The van der Waals surface area contributed by atoms with Crippen LogP contribution in [-0.2, 0) is 16.1 Å². The summed E-state index contributed by atoms with van der Waals surface area (Å²) in [5, 5.41) is 9.17. The molecule has 0 atom stereocenters. The first kappa shape index (κ1) is 19.9. The van der Waals surface area contributed by atoms with Crippen molar-refractivity contribution in [2.24, 2.45) is 5.92 Å². The number of carbonyl (C=O) groups is 3. The molecule has 2 aliphatic heterocycles. The summed E-state index contributed by atoms with van der Waals surface area (Å²) in [6.07, 6.45) is 4.36. The molecular formula is C22H29N3O4. The van der Waals surface area contributed by atoms with Gasteiger partial charge in [0.1, 0.15) is 5.54 Å². The van der Waals surface area contributed by atoms with E-state index in [1.54, 1.807) is 4.90 Å². The van der Waals surface area contributed by atoms with Crippen molar-refractivity contribution in [2.75, 3.05) is 26.2 Å². The van der Waals surface area contributed by atoms with Crippen molar-refractivity contribution in [3.05, 3.63) is 35.9 Å². The van der Waals surface area contributed by atoms with E-state index in [9.17, 15) is 19.5 Å². The molecule has 1 N–H and O–H groups in total. The van der Waals surface area contributed by atoms with Crippen LogP contribution in [0.3, 0.4) is 0 Å². The third kappa shape index (κ3) is 3.52. The Morgan fingerprint density at radius 1 is 1.10 bits per heavy atom. The second kappa shape index (κ2) is 8.14. The van der Waals surface area contributed by atoms with Crippen LogP contribution in [0.1, 0.15) is 44.1 Å². The monoisotopic (exact) mass is 399 g/mol. The summed E-state index contributed by atoms with van der Waals surface area (Å²) in [6.45, 7) is 1.55. The van der Waals surface area contributed by atoms with E-state index in [1.807, 2.05) is 35.2 Å². The highest BCUT2D eigenvalue weighted by atomic mass is 16.3. The van der Waals surface area contributed by atoms with Gasteiger partial charge in [0.05, 0.1) is 0 Å². The average molecular weight is 399 g/mol. The number of aliphatic hydroxyl groups is 1. The van der Waals surface area contributed by atoms with Gasteiger partial charge in [-0.3, -0.25) is 14.5 Å². The summed E-state index contributed by atoms with van der Waals surface area (Å²) < 4.78 is 0. The standard InChI is InChI=1S/C22H29N3O4/c26-15-5-12-24-20(28)22(25(21(24)29)16-17-6-2-1-3-7-17)10-13-23(14-11-22)19(27)18-8-4-9-18/h1-3,6-7,18,26H,4-5,8-16H2. The lowest BCUT2D eigenvalue weighted by atomic mass is 9.81. The Hall–Kier alpha value is -2.41. The van der Waals surface area contributed by atoms with Crippen LogP contribution in [0.4, 0.5) is 4.79 Å². The maximum atomic E-state index is 13.4. The number of piperidine rings is 1. The Labute approximate surface area is 171 Å². The molecule has 7 heteroatoms. The van der Waals surface area contributed by atoms with Gasteiger partial charge in [0.25, 0.3) is 5.91 Å². The summed E-state index contributed by atoms with van der Waals surface area (Å²) in [7, 11) is 0. The van der Waals surface area contributed by atoms with Gasteiger partial charge in [0, 0.05) is 38.7 Å². The molecule has 1 aromatic carbocycles. The highest BCUT2D eigenvalue weighted by Gasteiger charge is 2.58. The van der Waals surface area contributed by atoms with Gasteiger partial charge in [-0.05, 0) is 37.7 Å². The molecule has 0 radical (unpaired) electrons. The van der Waals surface area contributed by atoms with Crippen LogP contribution in [0.15, 0.2) is 30.3 Å². The first-order chi connectivity index (χ1) is 14.1. The van der Waals surface area contributed by atoms with Gasteiger partial charge in [-0.2, -0.15) is 0 Å². The zero-order chi connectivity index (χ0) is 20.4. The van der Waals surface area contributed by atoms with Crippen LogP contribution in [0.2, 0.25) is 0 Å². The summed E-state index contributed by atoms with van der Waals surface area (Å²) in [5.41, 5.74) is 0.0868. The molecule has 2 saturated heterocycles. The molecule has 3 aliphatic rings. The third-order valence-corrected chi connectivity index (χ3v) is 6.70. The average Bonchev–Trinajstić information content (AvgIpc) is 2.88. The van der Waals surface area contributed by atoms with Gasteiger partial charge in [0.15, 0.2) is 0 Å². The Bertz CT molecular complexity index is 770. The molecule has 0 unspecified atom stereocenters. The fraction of sp³-hybridized carbons (Fsp3) is 0.591. The van der Waals surface area contributed by atoms with Crippen LogP contribution < -0.4 is 0 Å². The number of amides is 4. The van der Waals surface area contributed by atoms with Gasteiger partial charge in [0.2, 0.25) is 5.91 Å². The molecule has 156 valence electrons. The normalized spacial score (nSPS) is 21.8. The molecule has 0 bridgehead atoms. The fourth-order valence-corrected chi connectivity index (χ4v) is 4.69. The van der Waals surface area contributed by atoms with Gasteiger partial charge in [-0.1, -0.05) is 36.8 Å². The summed E-state index contributed by atoms with van der Waals surface area (Å²) in [4.78, 5) is 44.0. The quantitative estimate of drug-likeness (QED) is 0.742. The predicted molar refractivity (Wildman–Crippen MR) is 107 cm³/mol. The van der Waals surface area contributed by atoms with E-state index in [0.29, 0.717) is 38.9 Å². The SMILES string of the molecule is O=C(C1CCC1)N1CCC2(CC1)C(=O)N(CCCO)C(=O)N2Cc1ccccc1. The van der Waals surface area contributed by atoms with Crippen LogP contribution in [0.5, 0.6) is 0 Å². The van der Waals surface area contributed by atoms with Crippen LogP contribution in [-0.4, -0.2) is 69.4 Å². The topological polar surface area (TPSA) is 81.2 Å². The second-order valence-corrected chi connectivity index (χ2v) is 8.37. The Kier molecular flexibility index (Phi) is 5.58. The lowest BCUT2D eigenvalue weighted by molar-refractivity contribution is -0.145. The number of benzene rings is 1. The zero-order valence-corrected chi connectivity index (χ0v) is 16.8. The number of likely N-dealkylation sites (tertiary alicyclic amines) is 1. The molecule has 2 heterocycles. The van der Waals surface area contributed by atoms with E-state index >= 15 is 0 Å². The molecule has 7 nitrogen and oxygen atoms in total. The van der Waals surface area contributed by atoms with E-state index in [2.05, 4.69) is 0 Å². The van der Waals surface area contributed by atoms with Gasteiger partial charge >= 0.3 is 6.03 Å². The zero-order valence-electron chi connectivity index (χ0n) is 16.8. The number of rotatable bonds is 6. The molecule has 1 spiro atoms. The van der Waals surface area contributed by atoms with Crippen molar-refractivity contribution in [3.8, 4) is 0 Å². The van der Waals surface area contributed by atoms with Crippen molar-refractivity contribution in [1.29, 1.82) is 0 Å². The fourth-order valence-electron chi connectivity index (χ4n) is 4.69. The van der Waals surface area contributed by atoms with E-state index in [1.165, 1.54) is 4.90 Å². The summed E-state index contributed by atoms with van der Waals surface area (Å²) in [5.74, 6) is 0.170. The molecule has 0 aromatic heterocycles. The van der Waals surface area contributed by atoms with Gasteiger partial charge in [-0.25, -0.2) is 4.79 Å². The lowest BCUT2D eigenvalue weighted by Crippen LogP contribution is -2.58. The Morgan fingerprint density at radius 3 is 2.38 bits per heavy atom. The minimum absolute atomic E-state index is 0.0631. The van der Waals surface area contributed by atoms with Crippen LogP contribution in [0.25, 0.3) is 0 Å². The largest absolute Gasteiger partial charge is 0.396 e. The van der Waals surface area contributed by atoms with Gasteiger partial charge in [-0.15, -0.1) is 0 Å². The third-order valence-electron chi connectivity index (χ3n) is 6.70. The molecule has 29 heavy (non-hydrogen) atoms. The molecule has 1 aliphatic carbocycles. The molecule has 4 rings (SSSR count).